The molecule has 2 atom stereocenters. The average molecular weight is 305 g/mol. The first kappa shape index (κ1) is 18.4. The van der Waals surface area contributed by atoms with Crippen LogP contribution in [0.4, 0.5) is 4.79 Å². The molecular weight excluding hydrogens is 286 g/mol. The molecule has 0 aromatic carbocycles. The molecular formula is C11H19N3O5S. The number of carboxylic acid groups (broad SMARTS) is 1. The molecule has 0 fully saturated rings. The Hall–Kier alpha value is -1.61. The van der Waals surface area contributed by atoms with Crippen LogP contribution in [0, 0.1) is 0 Å². The minimum Gasteiger partial charge on any atom is -0.480 e. The van der Waals surface area contributed by atoms with Crippen molar-refractivity contribution in [3.63, 3.8) is 0 Å². The standard InChI is InChI=1S/C11H19N3O5S/c1-6(15)2-3-9(16)8(5-20)14-11(19)13-4-7(12)10(17)18/h7-8,20H,2-5,12H2,1H3,(H,17,18)(H2,13,14,19)/t7-,8+/m0/s1. The van der Waals surface area contributed by atoms with Gasteiger partial charge in [0, 0.05) is 25.1 Å². The third-order valence-electron chi connectivity index (χ3n) is 2.40. The Morgan fingerprint density at radius 1 is 1.25 bits per heavy atom. The van der Waals surface area contributed by atoms with Crippen molar-refractivity contribution >= 4 is 36.2 Å². The first-order chi connectivity index (χ1) is 9.27. The van der Waals surface area contributed by atoms with Crippen LogP contribution in [0.2, 0.25) is 0 Å². The molecule has 0 saturated heterocycles. The normalized spacial score (nSPS) is 13.2. The maximum absolute atomic E-state index is 11.7. The van der Waals surface area contributed by atoms with E-state index in [-0.39, 0.29) is 36.7 Å². The van der Waals surface area contributed by atoms with Crippen LogP contribution in [0.1, 0.15) is 19.8 Å². The molecule has 20 heavy (non-hydrogen) atoms. The summed E-state index contributed by atoms with van der Waals surface area (Å²) in [6.07, 6.45) is 0.131. The summed E-state index contributed by atoms with van der Waals surface area (Å²) in [5.41, 5.74) is 5.21. The molecule has 0 heterocycles. The van der Waals surface area contributed by atoms with E-state index in [1.165, 1.54) is 6.92 Å². The molecule has 2 amide bonds. The lowest BCUT2D eigenvalue weighted by molar-refractivity contribution is -0.138. The summed E-state index contributed by atoms with van der Waals surface area (Å²) in [4.78, 5) is 44.4. The summed E-state index contributed by atoms with van der Waals surface area (Å²) in [6.45, 7) is 1.11. The van der Waals surface area contributed by atoms with E-state index in [0.29, 0.717) is 0 Å². The number of nitrogens with two attached hydrogens (primary N) is 1. The van der Waals surface area contributed by atoms with Gasteiger partial charge in [-0.15, -0.1) is 0 Å². The second-order valence-corrected chi connectivity index (χ2v) is 4.57. The molecule has 0 unspecified atom stereocenters. The van der Waals surface area contributed by atoms with Crippen molar-refractivity contribution < 1.29 is 24.3 Å². The van der Waals surface area contributed by atoms with Gasteiger partial charge in [-0.25, -0.2) is 4.79 Å². The lowest BCUT2D eigenvalue weighted by Crippen LogP contribution is -2.50. The van der Waals surface area contributed by atoms with Crippen molar-refractivity contribution in [1.29, 1.82) is 0 Å². The fourth-order valence-corrected chi connectivity index (χ4v) is 1.50. The van der Waals surface area contributed by atoms with Gasteiger partial charge in [-0.3, -0.25) is 9.59 Å². The van der Waals surface area contributed by atoms with E-state index < -0.39 is 24.1 Å². The van der Waals surface area contributed by atoms with Crippen molar-refractivity contribution in [3.8, 4) is 0 Å². The fourth-order valence-electron chi connectivity index (χ4n) is 1.20. The predicted octanol–water partition coefficient (Wildman–Crippen LogP) is -1.07. The molecule has 0 aromatic heterocycles. The van der Waals surface area contributed by atoms with Crippen LogP contribution < -0.4 is 16.4 Å². The Bertz CT molecular complexity index is 388. The number of thiol groups is 1. The molecule has 0 rings (SSSR count). The molecule has 114 valence electrons. The van der Waals surface area contributed by atoms with Crippen molar-refractivity contribution in [3.05, 3.63) is 0 Å². The average Bonchev–Trinajstić information content (AvgIpc) is 2.38. The molecule has 0 saturated carbocycles. The number of carbonyl (C=O) groups excluding carboxylic acids is 3. The Balaban J connectivity index is 4.21. The highest BCUT2D eigenvalue weighted by Gasteiger charge is 2.20. The molecule has 0 bridgehead atoms. The van der Waals surface area contributed by atoms with Crippen LogP contribution in [0.3, 0.4) is 0 Å². The number of rotatable bonds is 9. The van der Waals surface area contributed by atoms with Gasteiger partial charge in [0.05, 0.1) is 6.04 Å². The van der Waals surface area contributed by atoms with Gasteiger partial charge >= 0.3 is 12.0 Å². The van der Waals surface area contributed by atoms with Crippen molar-refractivity contribution in [2.24, 2.45) is 5.73 Å². The molecule has 8 nitrogen and oxygen atoms in total. The fraction of sp³-hybridized carbons (Fsp3) is 0.636. The highest BCUT2D eigenvalue weighted by Crippen LogP contribution is 1.99. The van der Waals surface area contributed by atoms with Crippen LogP contribution in [-0.2, 0) is 14.4 Å². The maximum Gasteiger partial charge on any atom is 0.322 e. The number of amides is 2. The number of Topliss-reactive ketones (excluding diaryl/α,β-unsaturated/α-hetero) is 2. The van der Waals surface area contributed by atoms with E-state index >= 15 is 0 Å². The van der Waals surface area contributed by atoms with Gasteiger partial charge < -0.3 is 26.3 Å². The monoisotopic (exact) mass is 305 g/mol. The summed E-state index contributed by atoms with van der Waals surface area (Å²) in [5, 5.41) is 13.1. The second-order valence-electron chi connectivity index (χ2n) is 4.20. The zero-order valence-electron chi connectivity index (χ0n) is 11.1. The van der Waals surface area contributed by atoms with Crippen LogP contribution in [-0.4, -0.2) is 53.1 Å². The predicted molar refractivity (Wildman–Crippen MR) is 74.7 cm³/mol. The quantitative estimate of drug-likeness (QED) is 0.344. The molecule has 9 heteroatoms. The summed E-state index contributed by atoms with van der Waals surface area (Å²) in [5.74, 6) is -1.59. The first-order valence-electron chi connectivity index (χ1n) is 5.93. The molecule has 0 aliphatic rings. The summed E-state index contributed by atoms with van der Waals surface area (Å²) in [7, 11) is 0. The van der Waals surface area contributed by atoms with Crippen LogP contribution in [0.15, 0.2) is 0 Å². The zero-order valence-corrected chi connectivity index (χ0v) is 12.0. The van der Waals surface area contributed by atoms with Gasteiger partial charge in [0.15, 0.2) is 5.78 Å². The number of ketones is 2. The Labute approximate surface area is 121 Å². The third-order valence-corrected chi connectivity index (χ3v) is 2.76. The lowest BCUT2D eigenvalue weighted by atomic mass is 10.1. The molecule has 0 radical (unpaired) electrons. The van der Waals surface area contributed by atoms with Gasteiger partial charge in [-0.1, -0.05) is 0 Å². The molecule has 0 spiro atoms. The largest absolute Gasteiger partial charge is 0.480 e. The Morgan fingerprint density at radius 3 is 2.30 bits per heavy atom. The number of carboxylic acids is 1. The topological polar surface area (TPSA) is 139 Å². The molecule has 0 aliphatic carbocycles. The number of hydrogen-bond donors (Lipinski definition) is 5. The van der Waals surface area contributed by atoms with Crippen LogP contribution in [0.25, 0.3) is 0 Å². The van der Waals surface area contributed by atoms with Crippen LogP contribution >= 0.6 is 12.6 Å². The highest BCUT2D eigenvalue weighted by molar-refractivity contribution is 7.80. The SMILES string of the molecule is CC(=O)CCC(=O)[C@@H](CS)NC(=O)NC[C@H](N)C(=O)O. The van der Waals surface area contributed by atoms with Gasteiger partial charge in [0.2, 0.25) is 0 Å². The molecule has 0 aromatic rings. The van der Waals surface area contributed by atoms with E-state index in [9.17, 15) is 19.2 Å². The number of nitrogens with one attached hydrogen (secondary N) is 2. The number of urea groups is 1. The highest BCUT2D eigenvalue weighted by atomic mass is 32.1. The van der Waals surface area contributed by atoms with E-state index in [1.54, 1.807) is 0 Å². The van der Waals surface area contributed by atoms with E-state index in [0.717, 1.165) is 0 Å². The van der Waals surface area contributed by atoms with Crippen molar-refractivity contribution in [2.75, 3.05) is 12.3 Å². The Kier molecular flexibility index (Phi) is 8.57. The van der Waals surface area contributed by atoms with Gasteiger partial charge in [0.25, 0.3) is 0 Å². The number of aliphatic carboxylic acids is 1. The Morgan fingerprint density at radius 2 is 1.85 bits per heavy atom. The first-order valence-corrected chi connectivity index (χ1v) is 6.57. The van der Waals surface area contributed by atoms with Gasteiger partial charge in [-0.05, 0) is 6.92 Å². The third kappa shape index (κ3) is 7.74. The second kappa shape index (κ2) is 9.32. The van der Waals surface area contributed by atoms with Gasteiger partial charge in [0.1, 0.15) is 11.8 Å². The lowest BCUT2D eigenvalue weighted by Gasteiger charge is -2.16. The molecule has 0 aliphatic heterocycles. The summed E-state index contributed by atoms with van der Waals surface area (Å²) in [6, 6.07) is -2.76. The smallest absolute Gasteiger partial charge is 0.322 e. The maximum atomic E-state index is 11.7. The van der Waals surface area contributed by atoms with E-state index in [1.807, 2.05) is 0 Å². The van der Waals surface area contributed by atoms with E-state index in [2.05, 4.69) is 23.3 Å². The number of carbonyl (C=O) groups is 4. The van der Waals surface area contributed by atoms with Crippen molar-refractivity contribution in [1.82, 2.24) is 10.6 Å². The minimum absolute atomic E-state index is 0.0233. The summed E-state index contributed by atoms with van der Waals surface area (Å²) >= 11 is 3.95. The van der Waals surface area contributed by atoms with Gasteiger partial charge in [-0.2, -0.15) is 12.6 Å². The van der Waals surface area contributed by atoms with Crippen LogP contribution in [0.5, 0.6) is 0 Å². The van der Waals surface area contributed by atoms with Crippen molar-refractivity contribution in [2.45, 2.75) is 31.8 Å². The van der Waals surface area contributed by atoms with E-state index in [4.69, 9.17) is 10.8 Å². The minimum atomic E-state index is -1.24. The number of hydrogen-bond acceptors (Lipinski definition) is 6. The molecule has 5 N–H and O–H groups in total. The zero-order chi connectivity index (χ0) is 15.7. The summed E-state index contributed by atoms with van der Waals surface area (Å²) < 4.78 is 0.